The molecule has 2 N–H and O–H groups in total. The van der Waals surface area contributed by atoms with E-state index in [4.69, 9.17) is 27.9 Å². The molecule has 22 heavy (non-hydrogen) atoms. The molecule has 0 unspecified atom stereocenters. The van der Waals surface area contributed by atoms with Crippen LogP contribution in [0.4, 0.5) is 0 Å². The maximum Gasteiger partial charge on any atom is 0.276 e. The number of carbonyl (C=O) groups is 2. The van der Waals surface area contributed by atoms with Crippen molar-refractivity contribution in [3.63, 3.8) is 0 Å². The Bertz CT molecular complexity index is 675. The number of nitrogens with one attached hydrogen (secondary N) is 2. The molecule has 2 aromatic rings. The zero-order chi connectivity index (χ0) is 15.9. The van der Waals surface area contributed by atoms with E-state index < -0.39 is 11.8 Å². The van der Waals surface area contributed by atoms with Crippen LogP contribution < -0.4 is 15.6 Å². The van der Waals surface area contributed by atoms with Crippen LogP contribution in [0.15, 0.2) is 48.5 Å². The lowest BCUT2D eigenvalue weighted by Crippen LogP contribution is -2.43. The molecule has 5 nitrogen and oxygen atoms in total. The van der Waals surface area contributed by atoms with Gasteiger partial charge in [-0.15, -0.1) is 0 Å². The fourth-order valence-corrected chi connectivity index (χ4v) is 1.86. The summed E-state index contributed by atoms with van der Waals surface area (Å²) < 4.78 is 5.24. The van der Waals surface area contributed by atoms with Crippen LogP contribution in [0.3, 0.4) is 0 Å². The van der Waals surface area contributed by atoms with Gasteiger partial charge in [-0.3, -0.25) is 20.4 Å². The Kier molecular flexibility index (Phi) is 5.63. The number of para-hydroxylation sites is 1. The van der Waals surface area contributed by atoms with Gasteiger partial charge < -0.3 is 4.74 Å². The van der Waals surface area contributed by atoms with E-state index in [1.54, 1.807) is 48.5 Å². The molecule has 2 amide bonds. The number of rotatable bonds is 4. The summed E-state index contributed by atoms with van der Waals surface area (Å²) in [6.45, 7) is -0.273. The van der Waals surface area contributed by atoms with E-state index in [2.05, 4.69) is 10.9 Å². The molecular formula is C15H12Cl2N2O3. The van der Waals surface area contributed by atoms with Crippen molar-refractivity contribution in [3.8, 4) is 5.75 Å². The molecule has 7 heteroatoms. The standard InChI is InChI=1S/C15H12Cl2N2O3/c16-11-7-5-10(6-8-11)15(21)19-18-14(20)9-22-13-4-2-1-3-12(13)17/h1-8H,9H2,(H,18,20)(H,19,21). The SMILES string of the molecule is O=C(COc1ccccc1Cl)NNC(=O)c1ccc(Cl)cc1. The smallest absolute Gasteiger partial charge is 0.276 e. The Morgan fingerprint density at radius 1 is 0.955 bits per heavy atom. The van der Waals surface area contributed by atoms with Crippen LogP contribution in [0, 0.1) is 0 Å². The summed E-state index contributed by atoms with van der Waals surface area (Å²) in [5.74, 6) is -0.576. The van der Waals surface area contributed by atoms with Gasteiger partial charge in [-0.05, 0) is 36.4 Å². The van der Waals surface area contributed by atoms with Gasteiger partial charge >= 0.3 is 0 Å². The molecule has 0 bridgehead atoms. The molecule has 0 atom stereocenters. The van der Waals surface area contributed by atoms with Crippen molar-refractivity contribution in [3.05, 3.63) is 64.1 Å². The van der Waals surface area contributed by atoms with E-state index >= 15 is 0 Å². The van der Waals surface area contributed by atoms with Crippen LogP contribution in [0.25, 0.3) is 0 Å². The lowest BCUT2D eigenvalue weighted by atomic mass is 10.2. The summed E-state index contributed by atoms with van der Waals surface area (Å²) in [5, 5.41) is 0.925. The largest absolute Gasteiger partial charge is 0.482 e. The topological polar surface area (TPSA) is 67.4 Å². The predicted molar refractivity (Wildman–Crippen MR) is 84.0 cm³/mol. The van der Waals surface area contributed by atoms with Crippen LogP contribution in [0.5, 0.6) is 5.75 Å². The summed E-state index contributed by atoms with van der Waals surface area (Å²) in [7, 11) is 0. The fourth-order valence-electron chi connectivity index (χ4n) is 1.54. The predicted octanol–water partition coefficient (Wildman–Crippen LogP) is 2.83. The van der Waals surface area contributed by atoms with Crippen LogP contribution in [0.2, 0.25) is 10.0 Å². The number of amides is 2. The summed E-state index contributed by atoms with van der Waals surface area (Å²) in [4.78, 5) is 23.4. The molecule has 0 heterocycles. The number of carbonyl (C=O) groups excluding carboxylic acids is 2. The van der Waals surface area contributed by atoms with E-state index in [9.17, 15) is 9.59 Å². The van der Waals surface area contributed by atoms with E-state index in [0.717, 1.165) is 0 Å². The van der Waals surface area contributed by atoms with Crippen LogP contribution in [-0.4, -0.2) is 18.4 Å². The minimum absolute atomic E-state index is 0.273. The van der Waals surface area contributed by atoms with Crippen LogP contribution >= 0.6 is 23.2 Å². The molecule has 0 fully saturated rings. The van der Waals surface area contributed by atoms with Gasteiger partial charge in [0.1, 0.15) is 5.75 Å². The molecule has 0 aromatic heterocycles. The van der Waals surface area contributed by atoms with Crippen molar-refractivity contribution in [1.29, 1.82) is 0 Å². The van der Waals surface area contributed by atoms with Crippen LogP contribution in [-0.2, 0) is 4.79 Å². The van der Waals surface area contributed by atoms with E-state index in [1.165, 1.54) is 0 Å². The second-order valence-corrected chi connectivity index (χ2v) is 5.07. The monoisotopic (exact) mass is 338 g/mol. The van der Waals surface area contributed by atoms with Crippen molar-refractivity contribution in [2.75, 3.05) is 6.61 Å². The zero-order valence-electron chi connectivity index (χ0n) is 11.3. The number of hydrogen-bond donors (Lipinski definition) is 2. The quantitative estimate of drug-likeness (QED) is 0.842. The Hall–Kier alpha value is -2.24. The Labute approximate surface area is 137 Å². The lowest BCUT2D eigenvalue weighted by Gasteiger charge is -2.09. The van der Waals surface area contributed by atoms with E-state index in [1.807, 2.05) is 0 Å². The normalized spacial score (nSPS) is 9.91. The maximum atomic E-state index is 11.8. The second kappa shape index (κ2) is 7.68. The first kappa shape index (κ1) is 16.1. The summed E-state index contributed by atoms with van der Waals surface area (Å²) in [5.41, 5.74) is 4.89. The molecule has 0 aliphatic rings. The highest BCUT2D eigenvalue weighted by Crippen LogP contribution is 2.22. The molecule has 0 saturated heterocycles. The van der Waals surface area contributed by atoms with Gasteiger partial charge in [-0.2, -0.15) is 0 Å². The Morgan fingerprint density at radius 2 is 1.64 bits per heavy atom. The highest BCUT2D eigenvalue weighted by molar-refractivity contribution is 6.32. The first-order valence-corrected chi connectivity index (χ1v) is 7.04. The average Bonchev–Trinajstić information content (AvgIpc) is 2.52. The zero-order valence-corrected chi connectivity index (χ0v) is 12.8. The van der Waals surface area contributed by atoms with Crippen molar-refractivity contribution >= 4 is 35.0 Å². The van der Waals surface area contributed by atoms with Gasteiger partial charge in [-0.25, -0.2) is 0 Å². The molecule has 0 saturated carbocycles. The molecule has 0 spiro atoms. The highest BCUT2D eigenvalue weighted by Gasteiger charge is 2.08. The Morgan fingerprint density at radius 3 is 2.32 bits per heavy atom. The average molecular weight is 339 g/mol. The van der Waals surface area contributed by atoms with Gasteiger partial charge in [0.2, 0.25) is 0 Å². The lowest BCUT2D eigenvalue weighted by molar-refractivity contribution is -0.123. The number of halogens is 2. The van der Waals surface area contributed by atoms with E-state index in [-0.39, 0.29) is 6.61 Å². The highest BCUT2D eigenvalue weighted by atomic mass is 35.5. The molecule has 2 rings (SSSR count). The third-order valence-corrected chi connectivity index (χ3v) is 3.18. The van der Waals surface area contributed by atoms with Crippen molar-refractivity contribution in [1.82, 2.24) is 10.9 Å². The second-order valence-electron chi connectivity index (χ2n) is 4.23. The van der Waals surface area contributed by atoms with Gasteiger partial charge in [0.25, 0.3) is 11.8 Å². The fraction of sp³-hybridized carbons (Fsp3) is 0.0667. The number of benzene rings is 2. The minimum Gasteiger partial charge on any atom is -0.482 e. The van der Waals surface area contributed by atoms with Gasteiger partial charge in [0.15, 0.2) is 6.61 Å². The van der Waals surface area contributed by atoms with Crippen molar-refractivity contribution in [2.45, 2.75) is 0 Å². The van der Waals surface area contributed by atoms with Gasteiger partial charge in [-0.1, -0.05) is 35.3 Å². The van der Waals surface area contributed by atoms with Crippen molar-refractivity contribution < 1.29 is 14.3 Å². The molecular weight excluding hydrogens is 327 g/mol. The van der Waals surface area contributed by atoms with Gasteiger partial charge in [0, 0.05) is 10.6 Å². The molecule has 114 valence electrons. The first-order valence-electron chi connectivity index (χ1n) is 6.28. The molecule has 0 aliphatic carbocycles. The summed E-state index contributed by atoms with van der Waals surface area (Å²) >= 11 is 11.6. The number of ether oxygens (including phenoxy) is 1. The molecule has 0 aliphatic heterocycles. The summed E-state index contributed by atoms with van der Waals surface area (Å²) in [6, 6.07) is 13.0. The summed E-state index contributed by atoms with van der Waals surface area (Å²) in [6.07, 6.45) is 0. The first-order chi connectivity index (χ1) is 10.6. The minimum atomic E-state index is -0.512. The number of hydrazine groups is 1. The number of hydrogen-bond acceptors (Lipinski definition) is 3. The van der Waals surface area contributed by atoms with Crippen LogP contribution in [0.1, 0.15) is 10.4 Å². The molecule has 0 radical (unpaired) electrons. The Balaban J connectivity index is 1.79. The van der Waals surface area contributed by atoms with Gasteiger partial charge in [0.05, 0.1) is 5.02 Å². The third-order valence-electron chi connectivity index (χ3n) is 2.62. The molecule has 2 aromatic carbocycles. The van der Waals surface area contributed by atoms with Crippen molar-refractivity contribution in [2.24, 2.45) is 0 Å². The third kappa shape index (κ3) is 4.65. The maximum absolute atomic E-state index is 11.8. The van der Waals surface area contributed by atoms with E-state index in [0.29, 0.717) is 21.4 Å².